The molecule has 1 saturated heterocycles. The van der Waals surface area contributed by atoms with E-state index < -0.39 is 17.6 Å². The van der Waals surface area contributed by atoms with Gasteiger partial charge in [0.25, 0.3) is 0 Å². The number of aromatic amines is 1. The first-order valence-corrected chi connectivity index (χ1v) is 9.58. The van der Waals surface area contributed by atoms with E-state index in [0.717, 1.165) is 42.1 Å². The number of para-hydroxylation sites is 1. The number of carbonyl (C=O) groups excluding carboxylic acids is 2. The molecule has 2 amide bonds. The Balaban J connectivity index is 1.19. The Morgan fingerprint density at radius 2 is 1.93 bits per heavy atom. The van der Waals surface area contributed by atoms with Crippen LogP contribution in [0.15, 0.2) is 30.5 Å². The van der Waals surface area contributed by atoms with Gasteiger partial charge in [0.05, 0.1) is 6.61 Å². The van der Waals surface area contributed by atoms with Crippen molar-refractivity contribution in [1.29, 1.82) is 0 Å². The molecule has 2 fully saturated rings. The molecule has 2 aliphatic rings. The maximum atomic E-state index is 12.0. The number of H-pyrrole nitrogens is 1. The van der Waals surface area contributed by atoms with Gasteiger partial charge >= 0.3 is 11.8 Å². The summed E-state index contributed by atoms with van der Waals surface area (Å²) >= 11 is 0. The van der Waals surface area contributed by atoms with Crippen LogP contribution in [-0.4, -0.2) is 48.4 Å². The molecule has 27 heavy (non-hydrogen) atoms. The molecule has 0 bridgehead atoms. The zero-order chi connectivity index (χ0) is 18.7. The average Bonchev–Trinajstić information content (AvgIpc) is 3.41. The molecule has 7 nitrogen and oxygen atoms in total. The molecular weight excluding hydrogens is 346 g/mol. The molecule has 0 unspecified atom stereocenters. The standard InChI is InChI=1S/C20H25N3O4/c24-18(21-10-7-14-11-22-17-6-2-1-5-16(14)17)19(25)23-12-15-13-26-20(27-15)8-3-4-9-20/h1-2,5-6,11,15,22H,3-4,7-10,12-13H2,(H,21,24)(H,23,25)/t15-/m0/s1. The van der Waals surface area contributed by atoms with E-state index in [9.17, 15) is 9.59 Å². The lowest BCUT2D eigenvalue weighted by molar-refractivity contribution is -0.161. The highest BCUT2D eigenvalue weighted by atomic mass is 16.7. The van der Waals surface area contributed by atoms with Crippen molar-refractivity contribution < 1.29 is 19.1 Å². The molecule has 4 rings (SSSR count). The van der Waals surface area contributed by atoms with Crippen LogP contribution in [0.1, 0.15) is 31.2 Å². The topological polar surface area (TPSA) is 92.5 Å². The van der Waals surface area contributed by atoms with E-state index in [2.05, 4.69) is 15.6 Å². The molecular formula is C20H25N3O4. The lowest BCUT2D eigenvalue weighted by Crippen LogP contribution is -2.44. The molecule has 1 aliphatic carbocycles. The summed E-state index contributed by atoms with van der Waals surface area (Å²) in [5.41, 5.74) is 2.18. The van der Waals surface area contributed by atoms with Crippen molar-refractivity contribution in [2.24, 2.45) is 0 Å². The van der Waals surface area contributed by atoms with Crippen LogP contribution in [-0.2, 0) is 25.5 Å². The molecule has 2 heterocycles. The van der Waals surface area contributed by atoms with Crippen molar-refractivity contribution in [2.45, 2.75) is 44.0 Å². The van der Waals surface area contributed by atoms with Crippen LogP contribution in [0.4, 0.5) is 0 Å². The van der Waals surface area contributed by atoms with Crippen molar-refractivity contribution in [1.82, 2.24) is 15.6 Å². The molecule has 0 radical (unpaired) electrons. The van der Waals surface area contributed by atoms with Crippen molar-refractivity contribution in [3.63, 3.8) is 0 Å². The van der Waals surface area contributed by atoms with Crippen LogP contribution < -0.4 is 10.6 Å². The monoisotopic (exact) mass is 371 g/mol. The third-order valence-electron chi connectivity index (χ3n) is 5.33. The molecule has 1 atom stereocenters. The molecule has 7 heteroatoms. The molecule has 144 valence electrons. The molecule has 1 aromatic heterocycles. The highest BCUT2D eigenvalue weighted by Crippen LogP contribution is 2.38. The third kappa shape index (κ3) is 3.99. The highest BCUT2D eigenvalue weighted by molar-refractivity contribution is 6.35. The number of fused-ring (bicyclic) bond motifs is 1. The fourth-order valence-corrected chi connectivity index (χ4v) is 3.91. The number of hydrogen-bond donors (Lipinski definition) is 3. The molecule has 1 aromatic carbocycles. The minimum absolute atomic E-state index is 0.189. The summed E-state index contributed by atoms with van der Waals surface area (Å²) in [6.45, 7) is 1.15. The Morgan fingerprint density at radius 1 is 1.15 bits per heavy atom. The number of hydrogen-bond acceptors (Lipinski definition) is 4. The predicted octanol–water partition coefficient (Wildman–Crippen LogP) is 1.63. The quantitative estimate of drug-likeness (QED) is 0.697. The molecule has 1 spiro atoms. The largest absolute Gasteiger partial charge is 0.361 e. The summed E-state index contributed by atoms with van der Waals surface area (Å²) in [4.78, 5) is 27.2. The van der Waals surface area contributed by atoms with Crippen LogP contribution in [0.5, 0.6) is 0 Å². The van der Waals surface area contributed by atoms with Crippen LogP contribution in [0, 0.1) is 0 Å². The van der Waals surface area contributed by atoms with E-state index >= 15 is 0 Å². The van der Waals surface area contributed by atoms with Gasteiger partial charge in [-0.2, -0.15) is 0 Å². The minimum atomic E-state index is -0.634. The fourth-order valence-electron chi connectivity index (χ4n) is 3.91. The average molecular weight is 371 g/mol. The number of nitrogens with one attached hydrogen (secondary N) is 3. The van der Waals surface area contributed by atoms with Gasteiger partial charge in [0.1, 0.15) is 6.10 Å². The number of ether oxygens (including phenoxy) is 2. The van der Waals surface area contributed by atoms with Gasteiger partial charge in [-0.25, -0.2) is 0 Å². The van der Waals surface area contributed by atoms with Crippen molar-refractivity contribution in [2.75, 3.05) is 19.7 Å². The SMILES string of the molecule is O=C(NCCc1c[nH]c2ccccc12)C(=O)NC[C@H]1COC2(CCCC2)O1. The fraction of sp³-hybridized carbons (Fsp3) is 0.500. The second kappa shape index (κ2) is 7.70. The van der Waals surface area contributed by atoms with Gasteiger partial charge in [0.15, 0.2) is 5.79 Å². The molecule has 2 aromatic rings. The van der Waals surface area contributed by atoms with E-state index in [1.165, 1.54) is 0 Å². The molecule has 3 N–H and O–H groups in total. The van der Waals surface area contributed by atoms with Gasteiger partial charge in [-0.3, -0.25) is 9.59 Å². The Kier molecular flexibility index (Phi) is 5.13. The minimum Gasteiger partial charge on any atom is -0.361 e. The van der Waals surface area contributed by atoms with Crippen LogP contribution in [0.2, 0.25) is 0 Å². The van der Waals surface area contributed by atoms with Crippen LogP contribution >= 0.6 is 0 Å². The Labute approximate surface area is 157 Å². The summed E-state index contributed by atoms with van der Waals surface area (Å²) in [6.07, 6.45) is 6.44. The number of rotatable bonds is 5. The number of aromatic nitrogens is 1. The highest BCUT2D eigenvalue weighted by Gasteiger charge is 2.43. The summed E-state index contributed by atoms with van der Waals surface area (Å²) in [7, 11) is 0. The Hall–Kier alpha value is -2.38. The van der Waals surface area contributed by atoms with Gasteiger partial charge in [-0.1, -0.05) is 18.2 Å². The Morgan fingerprint density at radius 3 is 2.78 bits per heavy atom. The summed E-state index contributed by atoms with van der Waals surface area (Å²) < 4.78 is 11.7. The van der Waals surface area contributed by atoms with Gasteiger partial charge in [0.2, 0.25) is 0 Å². The van der Waals surface area contributed by atoms with Crippen LogP contribution in [0.3, 0.4) is 0 Å². The molecule has 1 aliphatic heterocycles. The number of amides is 2. The van der Waals surface area contributed by atoms with E-state index in [1.807, 2.05) is 30.5 Å². The summed E-state index contributed by atoms with van der Waals surface area (Å²) in [5.74, 6) is -1.70. The van der Waals surface area contributed by atoms with E-state index in [1.54, 1.807) is 0 Å². The first-order valence-electron chi connectivity index (χ1n) is 9.58. The Bertz CT molecular complexity index is 825. The number of carbonyl (C=O) groups is 2. The zero-order valence-electron chi connectivity index (χ0n) is 15.3. The lowest BCUT2D eigenvalue weighted by atomic mass is 10.1. The first-order chi connectivity index (χ1) is 13.2. The summed E-state index contributed by atoms with van der Waals surface area (Å²) in [5, 5.41) is 6.45. The normalized spacial score (nSPS) is 21.0. The van der Waals surface area contributed by atoms with E-state index in [-0.39, 0.29) is 12.6 Å². The van der Waals surface area contributed by atoms with Gasteiger partial charge in [-0.05, 0) is 30.9 Å². The van der Waals surface area contributed by atoms with Crippen LogP contribution in [0.25, 0.3) is 10.9 Å². The van der Waals surface area contributed by atoms with Gasteiger partial charge in [0, 0.05) is 43.0 Å². The summed E-state index contributed by atoms with van der Waals surface area (Å²) in [6, 6.07) is 8.00. The first kappa shape index (κ1) is 18.0. The lowest BCUT2D eigenvalue weighted by Gasteiger charge is -2.21. The van der Waals surface area contributed by atoms with Crippen molar-refractivity contribution >= 4 is 22.7 Å². The van der Waals surface area contributed by atoms with Crippen molar-refractivity contribution in [3.05, 3.63) is 36.0 Å². The predicted molar refractivity (Wildman–Crippen MR) is 100 cm³/mol. The van der Waals surface area contributed by atoms with E-state index in [0.29, 0.717) is 19.6 Å². The van der Waals surface area contributed by atoms with Gasteiger partial charge < -0.3 is 25.1 Å². The number of benzene rings is 1. The smallest absolute Gasteiger partial charge is 0.309 e. The molecule has 1 saturated carbocycles. The maximum Gasteiger partial charge on any atom is 0.309 e. The zero-order valence-corrected chi connectivity index (χ0v) is 15.3. The maximum absolute atomic E-state index is 12.0. The van der Waals surface area contributed by atoms with Gasteiger partial charge in [-0.15, -0.1) is 0 Å². The third-order valence-corrected chi connectivity index (χ3v) is 5.33. The van der Waals surface area contributed by atoms with Crippen molar-refractivity contribution in [3.8, 4) is 0 Å². The van der Waals surface area contributed by atoms with E-state index in [4.69, 9.17) is 9.47 Å². The second-order valence-corrected chi connectivity index (χ2v) is 7.24. The second-order valence-electron chi connectivity index (χ2n) is 7.24.